The maximum Gasteiger partial charge on any atom is 0.254 e. The number of anilines is 1. The van der Waals surface area contributed by atoms with E-state index >= 15 is 0 Å². The van der Waals surface area contributed by atoms with E-state index in [1.807, 2.05) is 58.1 Å². The lowest BCUT2D eigenvalue weighted by atomic mass is 10.1. The van der Waals surface area contributed by atoms with Crippen molar-refractivity contribution in [3.63, 3.8) is 0 Å². The van der Waals surface area contributed by atoms with E-state index in [0.29, 0.717) is 35.8 Å². The summed E-state index contributed by atoms with van der Waals surface area (Å²) in [6.07, 6.45) is 4.27. The van der Waals surface area contributed by atoms with Crippen LogP contribution in [0.4, 0.5) is 5.69 Å². The normalized spacial score (nSPS) is 16.4. The van der Waals surface area contributed by atoms with Gasteiger partial charge < -0.3 is 14.6 Å². The molecule has 1 N–H and O–H groups in total. The zero-order chi connectivity index (χ0) is 21.4. The summed E-state index contributed by atoms with van der Waals surface area (Å²) in [6, 6.07) is 16.0. The summed E-state index contributed by atoms with van der Waals surface area (Å²) >= 11 is 0. The minimum absolute atomic E-state index is 0.000809. The van der Waals surface area contributed by atoms with Crippen molar-refractivity contribution in [3.05, 3.63) is 66.6 Å². The van der Waals surface area contributed by atoms with E-state index in [1.54, 1.807) is 12.5 Å². The summed E-state index contributed by atoms with van der Waals surface area (Å²) in [6.45, 7) is 5.47. The van der Waals surface area contributed by atoms with Crippen LogP contribution < -0.4 is 5.32 Å². The van der Waals surface area contributed by atoms with E-state index < -0.39 is 0 Å². The van der Waals surface area contributed by atoms with Gasteiger partial charge in [-0.25, -0.2) is 9.67 Å². The largest absolute Gasteiger partial charge is 0.463 e. The highest BCUT2D eigenvalue weighted by Gasteiger charge is 2.29. The number of hydrogen-bond acceptors (Lipinski definition) is 5. The molecule has 1 atom stereocenters. The maximum absolute atomic E-state index is 13.6. The number of nitrogens with one attached hydrogen (secondary N) is 1. The Morgan fingerprint density at radius 2 is 2.03 bits per heavy atom. The fourth-order valence-corrected chi connectivity index (χ4v) is 4.13. The lowest BCUT2D eigenvalue weighted by Crippen LogP contribution is -2.31. The van der Waals surface area contributed by atoms with Gasteiger partial charge in [0.15, 0.2) is 11.4 Å². The number of carbonyl (C=O) groups is 1. The first-order chi connectivity index (χ1) is 15.1. The lowest BCUT2D eigenvalue weighted by Gasteiger charge is -2.18. The first-order valence-corrected chi connectivity index (χ1v) is 10.6. The fourth-order valence-electron chi connectivity index (χ4n) is 4.13. The molecule has 1 fully saturated rings. The zero-order valence-electron chi connectivity index (χ0n) is 17.7. The molecule has 0 aliphatic carbocycles. The van der Waals surface area contributed by atoms with Gasteiger partial charge >= 0.3 is 0 Å². The van der Waals surface area contributed by atoms with Crippen LogP contribution in [0.25, 0.3) is 22.5 Å². The minimum atomic E-state index is 0.000809. The Kier molecular flexibility index (Phi) is 4.94. The van der Waals surface area contributed by atoms with Crippen LogP contribution >= 0.6 is 0 Å². The van der Waals surface area contributed by atoms with Crippen molar-refractivity contribution in [2.24, 2.45) is 0 Å². The second kappa shape index (κ2) is 7.91. The first kappa shape index (κ1) is 19.4. The molecular formula is C24H25N5O2. The Hall–Kier alpha value is -3.61. The molecule has 4 heterocycles. The van der Waals surface area contributed by atoms with Crippen LogP contribution in [0.5, 0.6) is 0 Å². The number of pyridine rings is 1. The Morgan fingerprint density at radius 1 is 1.19 bits per heavy atom. The standard InChI is InChI=1S/C24H25N5O2/c1-16(2)29-23-20(14-25-29)19(13-21(27-23)22-9-6-12-31-22)24(30)28-11-10-18(15-28)26-17-7-4-3-5-8-17/h3-9,12-14,16,18,26H,10-11,15H2,1-2H3. The molecule has 0 spiro atoms. The average Bonchev–Trinajstić information content (AvgIpc) is 3.53. The van der Waals surface area contributed by atoms with Crippen molar-refractivity contribution >= 4 is 22.6 Å². The van der Waals surface area contributed by atoms with Gasteiger partial charge in [0.2, 0.25) is 0 Å². The van der Waals surface area contributed by atoms with Gasteiger partial charge in [-0.3, -0.25) is 4.79 Å². The molecule has 7 nitrogen and oxygen atoms in total. The average molecular weight is 415 g/mol. The van der Waals surface area contributed by atoms with Crippen molar-refractivity contribution in [3.8, 4) is 11.5 Å². The van der Waals surface area contributed by atoms with Gasteiger partial charge in [-0.2, -0.15) is 5.10 Å². The number of nitrogens with zero attached hydrogens (tertiary/aromatic N) is 4. The molecule has 158 valence electrons. The lowest BCUT2D eigenvalue weighted by molar-refractivity contribution is 0.0793. The summed E-state index contributed by atoms with van der Waals surface area (Å²) in [4.78, 5) is 20.2. The molecule has 31 heavy (non-hydrogen) atoms. The third-order valence-electron chi connectivity index (χ3n) is 5.68. The van der Waals surface area contributed by atoms with Crippen molar-refractivity contribution < 1.29 is 9.21 Å². The van der Waals surface area contributed by atoms with Gasteiger partial charge in [0, 0.05) is 30.9 Å². The van der Waals surface area contributed by atoms with Gasteiger partial charge in [0.1, 0.15) is 5.69 Å². The van der Waals surface area contributed by atoms with Gasteiger partial charge in [-0.15, -0.1) is 0 Å². The Morgan fingerprint density at radius 3 is 2.77 bits per heavy atom. The van der Waals surface area contributed by atoms with Crippen LogP contribution in [0.1, 0.15) is 36.7 Å². The van der Waals surface area contributed by atoms with Crippen molar-refractivity contribution in [1.29, 1.82) is 0 Å². The Bertz CT molecular complexity index is 1200. The van der Waals surface area contributed by atoms with E-state index in [1.165, 1.54) is 0 Å². The number of amides is 1. The summed E-state index contributed by atoms with van der Waals surface area (Å²) < 4.78 is 7.41. The molecule has 1 aliphatic heterocycles. The second-order valence-corrected chi connectivity index (χ2v) is 8.20. The summed E-state index contributed by atoms with van der Waals surface area (Å²) in [5, 5.41) is 8.80. The predicted octanol–water partition coefficient (Wildman–Crippen LogP) is 4.60. The van der Waals surface area contributed by atoms with Crippen LogP contribution in [-0.2, 0) is 0 Å². The Labute approximate surface area is 180 Å². The van der Waals surface area contributed by atoms with Crippen LogP contribution in [0.3, 0.4) is 0 Å². The van der Waals surface area contributed by atoms with E-state index in [9.17, 15) is 4.79 Å². The zero-order valence-corrected chi connectivity index (χ0v) is 17.7. The molecule has 1 aromatic carbocycles. The number of para-hydroxylation sites is 1. The topological polar surface area (TPSA) is 76.2 Å². The summed E-state index contributed by atoms with van der Waals surface area (Å²) in [5.74, 6) is 0.637. The number of rotatable bonds is 5. The monoisotopic (exact) mass is 415 g/mol. The molecule has 1 unspecified atom stereocenters. The highest BCUT2D eigenvalue weighted by Crippen LogP contribution is 2.28. The van der Waals surface area contributed by atoms with E-state index in [4.69, 9.17) is 9.40 Å². The van der Waals surface area contributed by atoms with Gasteiger partial charge in [-0.1, -0.05) is 18.2 Å². The highest BCUT2D eigenvalue weighted by atomic mass is 16.3. The SMILES string of the molecule is CC(C)n1ncc2c(C(=O)N3CCC(Nc4ccccc4)C3)cc(-c3ccco3)nc21. The number of aromatic nitrogens is 3. The highest BCUT2D eigenvalue weighted by molar-refractivity contribution is 6.06. The number of likely N-dealkylation sites (tertiary alicyclic amines) is 1. The predicted molar refractivity (Wildman–Crippen MR) is 120 cm³/mol. The third-order valence-corrected chi connectivity index (χ3v) is 5.68. The molecular weight excluding hydrogens is 390 g/mol. The number of carbonyl (C=O) groups excluding carboxylic acids is 1. The van der Waals surface area contributed by atoms with Crippen LogP contribution in [0.15, 0.2) is 65.4 Å². The molecule has 0 saturated carbocycles. The van der Waals surface area contributed by atoms with Crippen molar-refractivity contribution in [2.75, 3.05) is 18.4 Å². The Balaban J connectivity index is 1.47. The third kappa shape index (κ3) is 3.67. The molecule has 0 radical (unpaired) electrons. The smallest absolute Gasteiger partial charge is 0.254 e. The molecule has 4 aromatic rings. The molecule has 0 bridgehead atoms. The molecule has 1 amide bonds. The maximum atomic E-state index is 13.6. The number of benzene rings is 1. The van der Waals surface area contributed by atoms with E-state index in [0.717, 1.165) is 17.5 Å². The summed E-state index contributed by atoms with van der Waals surface area (Å²) in [5.41, 5.74) is 3.03. The molecule has 7 heteroatoms. The van der Waals surface area contributed by atoms with Crippen molar-refractivity contribution in [2.45, 2.75) is 32.4 Å². The molecule has 1 aliphatic rings. The van der Waals surface area contributed by atoms with Crippen LogP contribution in [0, 0.1) is 0 Å². The fraction of sp³-hybridized carbons (Fsp3) is 0.292. The first-order valence-electron chi connectivity index (χ1n) is 10.6. The molecule has 1 saturated heterocycles. The summed E-state index contributed by atoms with van der Waals surface area (Å²) in [7, 11) is 0. The van der Waals surface area contributed by atoms with E-state index in [2.05, 4.69) is 24.3 Å². The van der Waals surface area contributed by atoms with Crippen LogP contribution in [0.2, 0.25) is 0 Å². The quantitative estimate of drug-likeness (QED) is 0.516. The van der Waals surface area contributed by atoms with E-state index in [-0.39, 0.29) is 18.0 Å². The molecule has 3 aromatic heterocycles. The second-order valence-electron chi connectivity index (χ2n) is 8.20. The number of furan rings is 1. The van der Waals surface area contributed by atoms with Crippen LogP contribution in [-0.4, -0.2) is 44.7 Å². The van der Waals surface area contributed by atoms with Gasteiger partial charge in [-0.05, 0) is 50.6 Å². The van der Waals surface area contributed by atoms with Gasteiger partial charge in [0.25, 0.3) is 5.91 Å². The van der Waals surface area contributed by atoms with Gasteiger partial charge in [0.05, 0.1) is 23.4 Å². The molecule has 5 rings (SSSR count). The number of hydrogen-bond donors (Lipinski definition) is 1. The van der Waals surface area contributed by atoms with Crippen molar-refractivity contribution in [1.82, 2.24) is 19.7 Å². The minimum Gasteiger partial charge on any atom is -0.463 e. The number of fused-ring (bicyclic) bond motifs is 1.